The molecule has 11 nitrogen and oxygen atoms in total. The second-order valence-electron chi connectivity index (χ2n) is 6.75. The Kier molecular flexibility index (Phi) is 11.0. The molecule has 0 saturated carbocycles. The zero-order chi connectivity index (χ0) is 22.7. The smallest absolute Gasteiger partial charge is 0.303 e. The molecular formula is C19H29NO10. The molecule has 0 radical (unpaired) electrons. The van der Waals surface area contributed by atoms with E-state index in [0.29, 0.717) is 19.3 Å². The Labute approximate surface area is 174 Å². The number of amides is 1. The van der Waals surface area contributed by atoms with Crippen LogP contribution in [-0.4, -0.2) is 74.0 Å². The maximum absolute atomic E-state index is 11.8. The predicted octanol–water partition coefficient (Wildman–Crippen LogP) is 0.0283. The van der Waals surface area contributed by atoms with E-state index in [0.717, 1.165) is 13.2 Å². The molecule has 5 atom stereocenters. The maximum Gasteiger partial charge on any atom is 0.303 e. The van der Waals surface area contributed by atoms with Crippen molar-refractivity contribution in [2.75, 3.05) is 13.2 Å². The maximum atomic E-state index is 11.8. The summed E-state index contributed by atoms with van der Waals surface area (Å²) >= 11 is 0. The quantitative estimate of drug-likeness (QED) is 0.206. The lowest BCUT2D eigenvalue weighted by molar-refractivity contribution is -0.277. The van der Waals surface area contributed by atoms with Gasteiger partial charge in [0, 0.05) is 40.7 Å². The molecule has 1 fully saturated rings. The van der Waals surface area contributed by atoms with Gasteiger partial charge in [-0.25, -0.2) is 0 Å². The number of carbonyl (C=O) groups is 5. The topological polar surface area (TPSA) is 144 Å². The fourth-order valence-electron chi connectivity index (χ4n) is 2.96. The number of aldehydes is 1. The van der Waals surface area contributed by atoms with Crippen LogP contribution in [0.3, 0.4) is 0 Å². The molecule has 1 aliphatic rings. The van der Waals surface area contributed by atoms with E-state index in [1.165, 1.54) is 20.8 Å². The van der Waals surface area contributed by atoms with Crippen molar-refractivity contribution in [3.05, 3.63) is 0 Å². The Balaban J connectivity index is 3.14. The van der Waals surface area contributed by atoms with Gasteiger partial charge in [-0.15, -0.1) is 0 Å². The summed E-state index contributed by atoms with van der Waals surface area (Å²) in [6, 6.07) is -0.990. The molecule has 170 valence electrons. The monoisotopic (exact) mass is 431 g/mol. The molecule has 1 N–H and O–H groups in total. The van der Waals surface area contributed by atoms with Crippen LogP contribution in [0, 0.1) is 0 Å². The summed E-state index contributed by atoms with van der Waals surface area (Å²) in [5.41, 5.74) is 0. The van der Waals surface area contributed by atoms with Crippen LogP contribution in [0.25, 0.3) is 0 Å². The molecule has 0 unspecified atom stereocenters. The van der Waals surface area contributed by atoms with E-state index >= 15 is 0 Å². The number of hydrogen-bond acceptors (Lipinski definition) is 10. The van der Waals surface area contributed by atoms with Crippen molar-refractivity contribution in [3.8, 4) is 0 Å². The average Bonchev–Trinajstić information content (AvgIpc) is 2.63. The molecule has 0 aromatic heterocycles. The second-order valence-corrected chi connectivity index (χ2v) is 6.75. The molecule has 0 bridgehead atoms. The van der Waals surface area contributed by atoms with Gasteiger partial charge in [-0.2, -0.15) is 0 Å². The Morgan fingerprint density at radius 2 is 1.57 bits per heavy atom. The molecule has 0 spiro atoms. The van der Waals surface area contributed by atoms with Crippen molar-refractivity contribution in [3.63, 3.8) is 0 Å². The van der Waals surface area contributed by atoms with Crippen LogP contribution in [0.2, 0.25) is 0 Å². The third-order valence-electron chi connectivity index (χ3n) is 4.07. The van der Waals surface area contributed by atoms with Gasteiger partial charge in [0.1, 0.15) is 25.0 Å². The lowest BCUT2D eigenvalue weighted by Gasteiger charge is -2.44. The highest BCUT2D eigenvalue weighted by Crippen LogP contribution is 2.28. The standard InChI is InChI=1S/C19H29NO10/c1-11(22)20-16-18(29-14(4)25)17(28-13(3)24)15(10-27-12(2)23)30-19(16)26-9-7-5-6-8-21/h8,15-19H,5-7,9-10H2,1-4H3,(H,20,22)/t15-,16+,17-,18+,19-/m0/s1. The van der Waals surface area contributed by atoms with Crippen LogP contribution in [0.15, 0.2) is 0 Å². The Bertz CT molecular complexity index is 622. The van der Waals surface area contributed by atoms with Gasteiger partial charge < -0.3 is 33.8 Å². The second kappa shape index (κ2) is 12.9. The molecular weight excluding hydrogens is 402 g/mol. The van der Waals surface area contributed by atoms with Gasteiger partial charge in [-0.1, -0.05) is 0 Å². The summed E-state index contributed by atoms with van der Waals surface area (Å²) < 4.78 is 27.2. The summed E-state index contributed by atoms with van der Waals surface area (Å²) in [5, 5.41) is 2.61. The van der Waals surface area contributed by atoms with E-state index in [2.05, 4.69) is 5.32 Å². The third-order valence-corrected chi connectivity index (χ3v) is 4.07. The molecule has 1 saturated heterocycles. The van der Waals surface area contributed by atoms with Crippen molar-refractivity contribution >= 4 is 30.1 Å². The highest BCUT2D eigenvalue weighted by atomic mass is 16.7. The van der Waals surface area contributed by atoms with Crippen LogP contribution in [-0.2, 0) is 47.7 Å². The van der Waals surface area contributed by atoms with E-state index in [-0.39, 0.29) is 13.2 Å². The SMILES string of the molecule is CC(=O)N[C@H]1[C@@H](OCCCCC=O)O[C@@H](COC(C)=O)[C@H](OC(C)=O)[C@@H]1OC(C)=O. The number of hydrogen-bond donors (Lipinski definition) is 1. The zero-order valence-electron chi connectivity index (χ0n) is 17.6. The first-order valence-electron chi connectivity index (χ1n) is 9.61. The Morgan fingerprint density at radius 1 is 0.933 bits per heavy atom. The number of esters is 3. The number of rotatable bonds is 11. The summed E-state index contributed by atoms with van der Waals surface area (Å²) in [4.78, 5) is 56.8. The highest BCUT2D eigenvalue weighted by molar-refractivity contribution is 5.73. The van der Waals surface area contributed by atoms with E-state index in [4.69, 9.17) is 23.7 Å². The van der Waals surface area contributed by atoms with E-state index in [1.54, 1.807) is 0 Å². The third kappa shape index (κ3) is 8.87. The first kappa shape index (κ1) is 25.5. The first-order valence-corrected chi connectivity index (χ1v) is 9.61. The summed E-state index contributed by atoms with van der Waals surface area (Å²) in [6.45, 7) is 4.70. The van der Waals surface area contributed by atoms with Crippen LogP contribution in [0.4, 0.5) is 0 Å². The fraction of sp³-hybridized carbons (Fsp3) is 0.737. The zero-order valence-corrected chi connectivity index (χ0v) is 17.6. The summed E-state index contributed by atoms with van der Waals surface area (Å²) in [6.07, 6.45) is -2.07. The van der Waals surface area contributed by atoms with Gasteiger partial charge >= 0.3 is 17.9 Å². The van der Waals surface area contributed by atoms with Gasteiger partial charge in [0.05, 0.1) is 0 Å². The Morgan fingerprint density at radius 3 is 2.10 bits per heavy atom. The van der Waals surface area contributed by atoms with Crippen LogP contribution in [0.1, 0.15) is 47.0 Å². The predicted molar refractivity (Wildman–Crippen MR) is 99.9 cm³/mol. The minimum Gasteiger partial charge on any atom is -0.463 e. The van der Waals surface area contributed by atoms with Gasteiger partial charge in [0.25, 0.3) is 0 Å². The lowest BCUT2D eigenvalue weighted by Crippen LogP contribution is -2.66. The van der Waals surface area contributed by atoms with Crippen LogP contribution in [0.5, 0.6) is 0 Å². The molecule has 1 rings (SSSR count). The highest BCUT2D eigenvalue weighted by Gasteiger charge is 2.51. The molecule has 1 heterocycles. The van der Waals surface area contributed by atoms with Crippen molar-refractivity contribution in [1.82, 2.24) is 5.32 Å². The summed E-state index contributed by atoms with van der Waals surface area (Å²) in [7, 11) is 0. The van der Waals surface area contributed by atoms with E-state index in [9.17, 15) is 24.0 Å². The van der Waals surface area contributed by atoms with Gasteiger partial charge in [0.15, 0.2) is 18.5 Å². The number of unbranched alkanes of at least 4 members (excludes halogenated alkanes) is 2. The van der Waals surface area contributed by atoms with Crippen LogP contribution >= 0.6 is 0 Å². The Hall–Kier alpha value is -2.53. The number of nitrogens with one attached hydrogen (secondary N) is 1. The molecule has 11 heteroatoms. The molecule has 0 aliphatic carbocycles. The molecule has 1 amide bonds. The van der Waals surface area contributed by atoms with Gasteiger partial charge in [-0.05, 0) is 12.8 Å². The number of ether oxygens (including phenoxy) is 5. The van der Waals surface area contributed by atoms with Gasteiger partial charge in [0.2, 0.25) is 5.91 Å². The largest absolute Gasteiger partial charge is 0.463 e. The average molecular weight is 431 g/mol. The minimum absolute atomic E-state index is 0.194. The number of carbonyl (C=O) groups excluding carboxylic acids is 5. The van der Waals surface area contributed by atoms with E-state index in [1.807, 2.05) is 0 Å². The minimum atomic E-state index is -1.16. The van der Waals surface area contributed by atoms with Crippen molar-refractivity contribution < 1.29 is 47.7 Å². The molecule has 30 heavy (non-hydrogen) atoms. The molecule has 0 aromatic carbocycles. The van der Waals surface area contributed by atoms with Crippen molar-refractivity contribution in [2.45, 2.75) is 77.6 Å². The van der Waals surface area contributed by atoms with E-state index < -0.39 is 54.5 Å². The molecule has 1 aliphatic heterocycles. The van der Waals surface area contributed by atoms with Crippen molar-refractivity contribution in [1.29, 1.82) is 0 Å². The van der Waals surface area contributed by atoms with Gasteiger partial charge in [-0.3, -0.25) is 19.2 Å². The first-order chi connectivity index (χ1) is 14.1. The lowest BCUT2D eigenvalue weighted by atomic mass is 9.96. The molecule has 0 aromatic rings. The fourth-order valence-corrected chi connectivity index (χ4v) is 2.96. The normalized spacial score (nSPS) is 25.7. The summed E-state index contributed by atoms with van der Waals surface area (Å²) in [5.74, 6) is -2.39. The van der Waals surface area contributed by atoms with Crippen LogP contribution < -0.4 is 5.32 Å². The van der Waals surface area contributed by atoms with Crippen molar-refractivity contribution in [2.24, 2.45) is 0 Å².